The lowest BCUT2D eigenvalue weighted by Gasteiger charge is -2.29. The van der Waals surface area contributed by atoms with E-state index in [1.54, 1.807) is 35.2 Å². The minimum absolute atomic E-state index is 0.0746. The molecule has 0 aromatic heterocycles. The summed E-state index contributed by atoms with van der Waals surface area (Å²) in [5.74, 6) is -3.12. The van der Waals surface area contributed by atoms with Gasteiger partial charge in [-0.2, -0.15) is 0 Å². The van der Waals surface area contributed by atoms with E-state index in [-0.39, 0.29) is 11.8 Å². The summed E-state index contributed by atoms with van der Waals surface area (Å²) in [4.78, 5) is 38.7. The molecule has 0 radical (unpaired) electrons. The molecule has 0 bridgehead atoms. The van der Waals surface area contributed by atoms with Gasteiger partial charge in [0, 0.05) is 35.4 Å². The van der Waals surface area contributed by atoms with Gasteiger partial charge < -0.3 is 20.1 Å². The monoisotopic (exact) mass is 403 g/mol. The van der Waals surface area contributed by atoms with E-state index >= 15 is 0 Å². The molecule has 6 nitrogen and oxygen atoms in total. The number of rotatable bonds is 4. The fourth-order valence-electron chi connectivity index (χ4n) is 4.20. The van der Waals surface area contributed by atoms with Crippen molar-refractivity contribution in [2.45, 2.75) is 25.7 Å². The first-order valence-corrected chi connectivity index (χ1v) is 10.2. The highest BCUT2D eigenvalue weighted by Crippen LogP contribution is 2.29. The van der Waals surface area contributed by atoms with E-state index in [0.717, 1.165) is 18.5 Å². The standard InChI is InChI=1S/C24H24N2O4/c27-22(19-8-2-3-9-20(19)24(29)30)25-18-13-11-17(12-14-18)23(28)26-15-5-7-16-6-1-4-10-21(16)26/h1-4,6,10-14,19-20H,5,7-9,15H2,(H,25,27)(H,29,30)/p-1/t19-,20-/m1/s1. The van der Waals surface area contributed by atoms with Crippen molar-refractivity contribution in [3.63, 3.8) is 0 Å². The molecule has 2 amide bonds. The van der Waals surface area contributed by atoms with Crippen LogP contribution in [0.25, 0.3) is 0 Å². The molecule has 154 valence electrons. The molecular formula is C24H23N2O4-. The van der Waals surface area contributed by atoms with Crippen LogP contribution in [-0.2, 0) is 16.0 Å². The normalized spacial score (nSPS) is 20.3. The number of amides is 2. The zero-order chi connectivity index (χ0) is 21.1. The number of aryl methyl sites for hydroxylation is 1. The van der Waals surface area contributed by atoms with Crippen LogP contribution in [0.3, 0.4) is 0 Å². The van der Waals surface area contributed by atoms with E-state index in [9.17, 15) is 19.5 Å². The number of nitrogens with one attached hydrogen (secondary N) is 1. The summed E-state index contributed by atoms with van der Waals surface area (Å²) in [6.45, 7) is 0.675. The predicted octanol–water partition coefficient (Wildman–Crippen LogP) is 2.55. The zero-order valence-corrected chi connectivity index (χ0v) is 16.5. The number of hydrogen-bond acceptors (Lipinski definition) is 4. The highest BCUT2D eigenvalue weighted by molar-refractivity contribution is 6.07. The molecule has 4 rings (SSSR count). The van der Waals surface area contributed by atoms with Gasteiger partial charge in [0.25, 0.3) is 5.91 Å². The minimum Gasteiger partial charge on any atom is -0.550 e. The predicted molar refractivity (Wildman–Crippen MR) is 112 cm³/mol. The van der Waals surface area contributed by atoms with Crippen molar-refractivity contribution in [1.29, 1.82) is 0 Å². The average molecular weight is 403 g/mol. The minimum atomic E-state index is -1.21. The fourth-order valence-corrected chi connectivity index (χ4v) is 4.20. The number of para-hydroxylation sites is 1. The Labute approximate surface area is 175 Å². The molecule has 1 aliphatic heterocycles. The van der Waals surface area contributed by atoms with Crippen LogP contribution in [0.1, 0.15) is 35.2 Å². The second-order valence-electron chi connectivity index (χ2n) is 7.73. The van der Waals surface area contributed by atoms with Gasteiger partial charge in [0.2, 0.25) is 5.91 Å². The summed E-state index contributed by atoms with van der Waals surface area (Å²) in [6, 6.07) is 14.7. The Bertz CT molecular complexity index is 997. The molecule has 0 fully saturated rings. The van der Waals surface area contributed by atoms with Gasteiger partial charge in [-0.3, -0.25) is 9.59 Å². The molecule has 2 aliphatic rings. The Morgan fingerprint density at radius 2 is 1.63 bits per heavy atom. The van der Waals surface area contributed by atoms with Crippen molar-refractivity contribution in [3.8, 4) is 0 Å². The second-order valence-corrected chi connectivity index (χ2v) is 7.73. The van der Waals surface area contributed by atoms with Gasteiger partial charge in [0.05, 0.1) is 5.92 Å². The topological polar surface area (TPSA) is 89.5 Å². The number of fused-ring (bicyclic) bond motifs is 1. The number of allylic oxidation sites excluding steroid dienone is 2. The van der Waals surface area contributed by atoms with Crippen LogP contribution in [0.4, 0.5) is 11.4 Å². The highest BCUT2D eigenvalue weighted by Gasteiger charge is 2.30. The SMILES string of the molecule is O=C([O-])[C@@H]1CC=CC[C@H]1C(=O)Nc1ccc(C(=O)N2CCCc3ccccc32)cc1. The molecule has 1 aliphatic carbocycles. The van der Waals surface area contributed by atoms with Crippen LogP contribution in [0.15, 0.2) is 60.7 Å². The molecule has 0 spiro atoms. The molecule has 1 N–H and O–H groups in total. The third-order valence-corrected chi connectivity index (χ3v) is 5.83. The van der Waals surface area contributed by atoms with Gasteiger partial charge in [-0.25, -0.2) is 0 Å². The van der Waals surface area contributed by atoms with E-state index in [1.165, 1.54) is 5.56 Å². The van der Waals surface area contributed by atoms with Gasteiger partial charge in [-0.15, -0.1) is 0 Å². The number of hydrogen-bond donors (Lipinski definition) is 1. The maximum atomic E-state index is 13.0. The fraction of sp³-hybridized carbons (Fsp3) is 0.292. The first-order valence-electron chi connectivity index (χ1n) is 10.2. The molecule has 1 heterocycles. The molecule has 2 aromatic rings. The first-order chi connectivity index (χ1) is 14.5. The number of nitrogens with zero attached hydrogens (tertiary/aromatic N) is 1. The van der Waals surface area contributed by atoms with Crippen LogP contribution in [0, 0.1) is 11.8 Å². The van der Waals surface area contributed by atoms with Crippen LogP contribution >= 0.6 is 0 Å². The van der Waals surface area contributed by atoms with Crippen LogP contribution in [0.5, 0.6) is 0 Å². The Balaban J connectivity index is 1.46. The van der Waals surface area contributed by atoms with Crippen molar-refractivity contribution < 1.29 is 19.5 Å². The number of carbonyl (C=O) groups is 3. The highest BCUT2D eigenvalue weighted by atomic mass is 16.4. The lowest BCUT2D eigenvalue weighted by atomic mass is 9.82. The van der Waals surface area contributed by atoms with Gasteiger partial charge in [-0.05, 0) is 61.6 Å². The lowest BCUT2D eigenvalue weighted by Crippen LogP contribution is -2.41. The van der Waals surface area contributed by atoms with Crippen molar-refractivity contribution in [3.05, 3.63) is 71.8 Å². The molecule has 0 saturated carbocycles. The van der Waals surface area contributed by atoms with E-state index in [4.69, 9.17) is 0 Å². The summed E-state index contributed by atoms with van der Waals surface area (Å²) in [5, 5.41) is 14.1. The van der Waals surface area contributed by atoms with Crippen molar-refractivity contribution in [1.82, 2.24) is 0 Å². The smallest absolute Gasteiger partial charge is 0.258 e. The van der Waals surface area contributed by atoms with E-state index in [0.29, 0.717) is 30.6 Å². The summed E-state index contributed by atoms with van der Waals surface area (Å²) in [6.07, 6.45) is 6.15. The lowest BCUT2D eigenvalue weighted by molar-refractivity contribution is -0.313. The number of anilines is 2. The van der Waals surface area contributed by atoms with Crippen molar-refractivity contribution in [2.75, 3.05) is 16.8 Å². The summed E-state index contributed by atoms with van der Waals surface area (Å²) in [5.41, 5.74) is 3.19. The maximum Gasteiger partial charge on any atom is 0.258 e. The number of benzene rings is 2. The Morgan fingerprint density at radius 1 is 0.933 bits per heavy atom. The zero-order valence-electron chi connectivity index (χ0n) is 16.5. The number of aliphatic carboxylic acids is 1. The van der Waals surface area contributed by atoms with Gasteiger partial charge in [-0.1, -0.05) is 30.4 Å². The largest absolute Gasteiger partial charge is 0.550 e. The molecule has 30 heavy (non-hydrogen) atoms. The summed E-state index contributed by atoms with van der Waals surface area (Å²) >= 11 is 0. The van der Waals surface area contributed by atoms with E-state index in [2.05, 4.69) is 5.32 Å². The van der Waals surface area contributed by atoms with Gasteiger partial charge in [0.15, 0.2) is 0 Å². The van der Waals surface area contributed by atoms with Gasteiger partial charge >= 0.3 is 0 Å². The number of carboxylic acids is 1. The molecule has 0 unspecified atom stereocenters. The first kappa shape index (κ1) is 19.9. The Hall–Kier alpha value is -3.41. The molecule has 6 heteroatoms. The average Bonchev–Trinajstić information content (AvgIpc) is 2.78. The molecular weight excluding hydrogens is 380 g/mol. The Kier molecular flexibility index (Phi) is 5.65. The van der Waals surface area contributed by atoms with Gasteiger partial charge in [0.1, 0.15) is 0 Å². The van der Waals surface area contributed by atoms with E-state index in [1.807, 2.05) is 30.3 Å². The van der Waals surface area contributed by atoms with Crippen molar-refractivity contribution in [2.24, 2.45) is 11.8 Å². The summed E-state index contributed by atoms with van der Waals surface area (Å²) < 4.78 is 0. The maximum absolute atomic E-state index is 13.0. The Morgan fingerprint density at radius 3 is 2.37 bits per heavy atom. The number of carbonyl (C=O) groups excluding carboxylic acids is 3. The van der Waals surface area contributed by atoms with Crippen LogP contribution in [-0.4, -0.2) is 24.3 Å². The molecule has 0 saturated heterocycles. The number of carboxylic acid groups (broad SMARTS) is 1. The second kappa shape index (κ2) is 8.53. The van der Waals surface area contributed by atoms with Crippen LogP contribution < -0.4 is 15.3 Å². The van der Waals surface area contributed by atoms with Crippen molar-refractivity contribution >= 4 is 29.2 Å². The molecule has 2 atom stereocenters. The molecule has 2 aromatic carbocycles. The van der Waals surface area contributed by atoms with Crippen LogP contribution in [0.2, 0.25) is 0 Å². The quantitative estimate of drug-likeness (QED) is 0.795. The third-order valence-electron chi connectivity index (χ3n) is 5.83. The van der Waals surface area contributed by atoms with E-state index < -0.39 is 17.8 Å². The summed E-state index contributed by atoms with van der Waals surface area (Å²) in [7, 11) is 0. The third kappa shape index (κ3) is 3.99.